The number of rotatable bonds is 4. The second kappa shape index (κ2) is 5.45. The van der Waals surface area contributed by atoms with Crippen molar-refractivity contribution in [3.63, 3.8) is 0 Å². The molecule has 1 N–H and O–H groups in total. The first-order valence-electron chi connectivity index (χ1n) is 4.42. The van der Waals surface area contributed by atoms with Crippen LogP contribution < -0.4 is 4.72 Å². The minimum absolute atomic E-state index is 0.428. The third kappa shape index (κ3) is 7.01. The smallest absolute Gasteiger partial charge is 0.251 e. The molecule has 0 aromatic carbocycles. The van der Waals surface area contributed by atoms with Crippen molar-refractivity contribution in [1.29, 1.82) is 0 Å². The number of nitrogens with one attached hydrogen (secondary N) is 1. The van der Waals surface area contributed by atoms with Gasteiger partial charge in [0, 0.05) is 0 Å². The summed E-state index contributed by atoms with van der Waals surface area (Å²) in [7, 11) is -17.5. The molecule has 0 aliphatic rings. The predicted molar refractivity (Wildman–Crippen MR) is 71.8 cm³/mol. The summed E-state index contributed by atoms with van der Waals surface area (Å²) in [4.78, 5) is 0. The Morgan fingerprint density at radius 3 is 1.35 bits per heavy atom. The Labute approximate surface area is 117 Å². The molecule has 0 saturated heterocycles. The van der Waals surface area contributed by atoms with Crippen LogP contribution in [0.3, 0.4) is 0 Å². The van der Waals surface area contributed by atoms with Crippen LogP contribution in [0.2, 0.25) is 0 Å². The van der Waals surface area contributed by atoms with Crippen molar-refractivity contribution >= 4 is 46.1 Å². The van der Waals surface area contributed by atoms with E-state index in [9.17, 15) is 33.7 Å². The molecular weight excluding hydrogens is 358 g/mol. The van der Waals surface area contributed by atoms with E-state index in [4.69, 9.17) is 0 Å². The van der Waals surface area contributed by atoms with E-state index >= 15 is 0 Å². The van der Waals surface area contributed by atoms with Gasteiger partial charge in [0.05, 0.1) is 25.0 Å². The maximum absolute atomic E-state index is 11.4. The number of hydrogen-bond donors (Lipinski definition) is 1. The van der Waals surface area contributed by atoms with Crippen LogP contribution in [0.25, 0.3) is 0 Å². The van der Waals surface area contributed by atoms with E-state index in [1.807, 2.05) is 0 Å². The largest absolute Gasteiger partial charge is 0.253 e. The van der Waals surface area contributed by atoms with Gasteiger partial charge in [-0.15, -0.1) is 8.11 Å². The van der Waals surface area contributed by atoms with Crippen molar-refractivity contribution in [3.8, 4) is 0 Å². The van der Waals surface area contributed by atoms with E-state index in [2.05, 4.69) is 4.40 Å². The highest BCUT2D eigenvalue weighted by atomic mass is 32.3. The second-order valence-corrected chi connectivity index (χ2v) is 11.0. The zero-order valence-electron chi connectivity index (χ0n) is 10.8. The summed E-state index contributed by atoms with van der Waals surface area (Å²) in [6, 6.07) is 0. The van der Waals surface area contributed by atoms with E-state index in [0.29, 0.717) is 25.0 Å². The Morgan fingerprint density at radius 1 is 0.800 bits per heavy atom. The molecule has 0 aliphatic heterocycles. The van der Waals surface area contributed by atoms with E-state index in [1.54, 1.807) is 0 Å². The Kier molecular flexibility index (Phi) is 5.20. The van der Waals surface area contributed by atoms with E-state index in [1.165, 1.54) is 4.72 Å². The maximum atomic E-state index is 11.4. The van der Waals surface area contributed by atoms with E-state index in [-0.39, 0.29) is 0 Å². The lowest BCUT2D eigenvalue weighted by atomic mass is 11.1. The highest BCUT2D eigenvalue weighted by Gasteiger charge is 2.33. The van der Waals surface area contributed by atoms with Crippen LogP contribution in [-0.2, 0) is 40.1 Å². The minimum Gasteiger partial charge on any atom is -0.251 e. The molecule has 0 atom stereocenters. The molecule has 0 heterocycles. The van der Waals surface area contributed by atoms with Crippen LogP contribution in [0, 0.1) is 0 Å². The van der Waals surface area contributed by atoms with Crippen molar-refractivity contribution < 1.29 is 33.7 Å². The van der Waals surface area contributed by atoms with Gasteiger partial charge >= 0.3 is 0 Å². The summed E-state index contributed by atoms with van der Waals surface area (Å²) in [6.07, 6.45) is 1.97. The van der Waals surface area contributed by atoms with Crippen molar-refractivity contribution in [2.45, 2.75) is 0 Å². The first-order valence-corrected chi connectivity index (χ1v) is 11.9. The fourth-order valence-electron chi connectivity index (χ4n) is 0.972. The molecule has 0 fully saturated rings. The molecule has 11 nitrogen and oxygen atoms in total. The van der Waals surface area contributed by atoms with Crippen LogP contribution in [0.1, 0.15) is 0 Å². The highest BCUT2D eigenvalue weighted by Crippen LogP contribution is 2.08. The van der Waals surface area contributed by atoms with Gasteiger partial charge in [0.1, 0.15) is 0 Å². The number of hydrogen-bond acceptors (Lipinski definition) is 8. The Hall–Kier alpha value is -0.930. The normalized spacial score (nSPS) is 14.9. The molecule has 0 aliphatic carbocycles. The summed E-state index contributed by atoms with van der Waals surface area (Å²) >= 11 is 0. The Balaban J connectivity index is 6.46. The van der Waals surface area contributed by atoms with Crippen molar-refractivity contribution in [2.24, 2.45) is 4.40 Å². The highest BCUT2D eigenvalue weighted by molar-refractivity contribution is 8.04. The lowest BCUT2D eigenvalue weighted by Gasteiger charge is -2.20. The third-order valence-electron chi connectivity index (χ3n) is 1.30. The van der Waals surface area contributed by atoms with Crippen molar-refractivity contribution in [1.82, 2.24) is 8.43 Å². The van der Waals surface area contributed by atoms with Gasteiger partial charge in [-0.1, -0.05) is 0 Å². The van der Waals surface area contributed by atoms with Crippen LogP contribution in [0.5, 0.6) is 0 Å². The van der Waals surface area contributed by atoms with E-state index in [0.717, 1.165) is 0 Å². The molecule has 0 bridgehead atoms. The summed E-state index contributed by atoms with van der Waals surface area (Å²) in [6.45, 7) is 0. The molecule has 120 valence electrons. The molecule has 0 amide bonds. The summed E-state index contributed by atoms with van der Waals surface area (Å²) in [5.41, 5.74) is 0. The first-order chi connectivity index (χ1) is 8.43. The first kappa shape index (κ1) is 19.1. The average Bonchev–Trinajstić information content (AvgIpc) is 1.87. The van der Waals surface area contributed by atoms with Gasteiger partial charge in [0.25, 0.3) is 16.0 Å². The zero-order valence-corrected chi connectivity index (χ0v) is 14.1. The minimum atomic E-state index is -4.54. The Morgan fingerprint density at radius 2 is 1.15 bits per heavy atom. The third-order valence-corrected chi connectivity index (χ3v) is 5.54. The quantitative estimate of drug-likeness (QED) is 0.405. The fourth-order valence-corrected chi connectivity index (χ4v) is 4.93. The van der Waals surface area contributed by atoms with Crippen molar-refractivity contribution in [3.05, 3.63) is 0 Å². The van der Waals surface area contributed by atoms with Crippen LogP contribution in [0.4, 0.5) is 0 Å². The van der Waals surface area contributed by atoms with Crippen LogP contribution in [0.15, 0.2) is 4.40 Å². The molecule has 0 spiro atoms. The zero-order chi connectivity index (χ0) is 16.6. The summed E-state index contributed by atoms with van der Waals surface area (Å²) in [5.74, 6) is -1.38. The second-order valence-electron chi connectivity index (χ2n) is 3.75. The SMILES string of the molecule is CS(=O)(=O)/N=C(\NS(C)(=O)=O)N(S(C)(=O)=O)S(C)(=O)=O. The molecular formula is C5H13N3O8S4. The van der Waals surface area contributed by atoms with Crippen LogP contribution >= 0.6 is 0 Å². The van der Waals surface area contributed by atoms with Gasteiger partial charge in [-0.3, -0.25) is 4.72 Å². The van der Waals surface area contributed by atoms with Crippen LogP contribution in [-0.4, -0.2) is 68.4 Å². The average molecular weight is 371 g/mol. The molecule has 0 aromatic heterocycles. The summed E-state index contributed by atoms with van der Waals surface area (Å²) < 4.78 is 93.8. The van der Waals surface area contributed by atoms with Gasteiger partial charge in [-0.05, 0) is 0 Å². The lowest BCUT2D eigenvalue weighted by molar-refractivity contribution is 0.551. The van der Waals surface area contributed by atoms with Gasteiger partial charge in [-0.2, -0.15) is 0 Å². The predicted octanol–water partition coefficient (Wildman–Crippen LogP) is -2.93. The van der Waals surface area contributed by atoms with Gasteiger partial charge in [0.2, 0.25) is 30.1 Å². The Bertz CT molecular complexity index is 785. The maximum Gasteiger partial charge on any atom is 0.253 e. The molecule has 0 unspecified atom stereocenters. The molecule has 0 radical (unpaired) electrons. The summed E-state index contributed by atoms with van der Waals surface area (Å²) in [5, 5.41) is 0. The monoisotopic (exact) mass is 371 g/mol. The van der Waals surface area contributed by atoms with Gasteiger partial charge < -0.3 is 0 Å². The standard InChI is InChI=1S/C5H13N3O8S4/c1-17(9,10)6-5(7-18(2,11)12)8(19(3,13)14)20(4,15)16/h1-4H3,(H,6,7). The van der Waals surface area contributed by atoms with Crippen molar-refractivity contribution in [2.75, 3.05) is 25.0 Å². The van der Waals surface area contributed by atoms with Gasteiger partial charge in [-0.25, -0.2) is 33.7 Å². The van der Waals surface area contributed by atoms with Gasteiger partial charge in [0.15, 0.2) is 0 Å². The number of sulfonamides is 4. The molecule has 20 heavy (non-hydrogen) atoms. The lowest BCUT2D eigenvalue weighted by Crippen LogP contribution is -2.49. The van der Waals surface area contributed by atoms with E-state index < -0.39 is 49.8 Å². The molecule has 0 rings (SSSR count). The molecule has 15 heteroatoms. The number of nitrogens with zero attached hydrogens (tertiary/aromatic N) is 2. The fraction of sp³-hybridized carbons (Fsp3) is 0.800. The topological polar surface area (TPSA) is 164 Å². The number of guanidine groups is 1. The molecule has 0 aromatic rings. The molecule has 0 saturated carbocycles.